The lowest BCUT2D eigenvalue weighted by molar-refractivity contribution is -0.122. The predicted octanol–water partition coefficient (Wildman–Crippen LogP) is 3.62. The number of carbonyl (C=O) groups is 2. The van der Waals surface area contributed by atoms with Crippen LogP contribution in [0.15, 0.2) is 54.9 Å². The van der Waals surface area contributed by atoms with Crippen LogP contribution in [0.3, 0.4) is 0 Å². The van der Waals surface area contributed by atoms with Crippen LogP contribution in [0.1, 0.15) is 12.8 Å². The Morgan fingerprint density at radius 3 is 2.52 bits per heavy atom. The quantitative estimate of drug-likeness (QED) is 0.720. The van der Waals surface area contributed by atoms with Crippen molar-refractivity contribution in [2.75, 3.05) is 18.0 Å². The van der Waals surface area contributed by atoms with Crippen molar-refractivity contribution in [2.24, 2.45) is 5.92 Å². The molecule has 2 aliphatic rings. The highest BCUT2D eigenvalue weighted by Crippen LogP contribution is 2.29. The van der Waals surface area contributed by atoms with Gasteiger partial charge in [0.1, 0.15) is 11.9 Å². The van der Waals surface area contributed by atoms with E-state index in [9.17, 15) is 14.0 Å². The highest BCUT2D eigenvalue weighted by Gasteiger charge is 2.35. The highest BCUT2D eigenvalue weighted by molar-refractivity contribution is 5.90. The molecule has 2 heterocycles. The molecule has 0 unspecified atom stereocenters. The molecule has 0 bridgehead atoms. The van der Waals surface area contributed by atoms with E-state index >= 15 is 0 Å². The monoisotopic (exact) mass is 393 g/mol. The molecule has 2 amide bonds. The van der Waals surface area contributed by atoms with Crippen LogP contribution in [0, 0.1) is 11.7 Å². The van der Waals surface area contributed by atoms with Crippen LogP contribution in [0.4, 0.5) is 14.9 Å². The number of hydrogen-bond acceptors (Lipinski definition) is 3. The average Bonchev–Trinajstić information content (AvgIpc) is 3.37. The first-order valence-electron chi connectivity index (χ1n) is 9.71. The highest BCUT2D eigenvalue weighted by atomic mass is 19.1. The summed E-state index contributed by atoms with van der Waals surface area (Å²) < 4.78 is 21.9. The summed E-state index contributed by atoms with van der Waals surface area (Å²) in [6.45, 7) is 0.546. The fourth-order valence-electron chi connectivity index (χ4n) is 3.64. The van der Waals surface area contributed by atoms with Crippen molar-refractivity contribution in [3.63, 3.8) is 0 Å². The standard InChI is InChI=1S/C22H20FN3O3/c23-19-9-17(7-8-20(19)25-11-15-3-1-2-4-16(15)12-25)26-13-18(29-22(26)28)10-24-21(27)14-5-6-14/h1-4,7-9,11-12,14,18H,5-6,10,13H2,(H,24,27)/t18-/m0/s1. The van der Waals surface area contributed by atoms with Gasteiger partial charge in [-0.1, -0.05) is 24.3 Å². The Morgan fingerprint density at radius 1 is 1.14 bits per heavy atom. The summed E-state index contributed by atoms with van der Waals surface area (Å²) in [4.78, 5) is 25.4. The summed E-state index contributed by atoms with van der Waals surface area (Å²) in [5.74, 6) is -0.315. The van der Waals surface area contributed by atoms with E-state index in [1.165, 1.54) is 11.0 Å². The second kappa shape index (κ2) is 6.92. The number of rotatable bonds is 5. The van der Waals surface area contributed by atoms with E-state index in [2.05, 4.69) is 5.32 Å². The Bertz CT molecular complexity index is 1070. The van der Waals surface area contributed by atoms with Gasteiger partial charge in [0.2, 0.25) is 5.91 Å². The number of hydrogen-bond donors (Lipinski definition) is 1. The lowest BCUT2D eigenvalue weighted by Crippen LogP contribution is -2.35. The molecule has 0 radical (unpaired) electrons. The number of fused-ring (bicyclic) bond motifs is 1. The van der Waals surface area contributed by atoms with Gasteiger partial charge in [0.25, 0.3) is 0 Å². The van der Waals surface area contributed by atoms with E-state index in [1.807, 2.05) is 36.7 Å². The summed E-state index contributed by atoms with van der Waals surface area (Å²) in [5.41, 5.74) is 0.842. The minimum atomic E-state index is -0.533. The molecule has 3 aromatic rings. The van der Waals surface area contributed by atoms with Gasteiger partial charge in [0.15, 0.2) is 0 Å². The zero-order chi connectivity index (χ0) is 20.0. The lowest BCUT2D eigenvalue weighted by atomic mass is 10.2. The minimum Gasteiger partial charge on any atom is -0.442 e. The maximum absolute atomic E-state index is 14.8. The number of nitrogens with zero attached hydrogens (tertiary/aromatic N) is 2. The second-order valence-corrected chi connectivity index (χ2v) is 7.57. The third kappa shape index (κ3) is 3.44. The summed E-state index contributed by atoms with van der Waals surface area (Å²) in [7, 11) is 0. The van der Waals surface area contributed by atoms with Gasteiger partial charge in [-0.3, -0.25) is 9.69 Å². The van der Waals surface area contributed by atoms with E-state index in [-0.39, 0.29) is 24.9 Å². The van der Waals surface area contributed by atoms with E-state index in [4.69, 9.17) is 4.74 Å². The Morgan fingerprint density at radius 2 is 1.86 bits per heavy atom. The van der Waals surface area contributed by atoms with Crippen LogP contribution in [0.5, 0.6) is 0 Å². The fourth-order valence-corrected chi connectivity index (χ4v) is 3.64. The Hall–Kier alpha value is -3.35. The number of halogens is 1. The van der Waals surface area contributed by atoms with Gasteiger partial charge in [-0.25, -0.2) is 9.18 Å². The average molecular weight is 393 g/mol. The zero-order valence-corrected chi connectivity index (χ0v) is 15.7. The van der Waals surface area contributed by atoms with E-state index < -0.39 is 18.0 Å². The molecule has 2 aromatic carbocycles. The van der Waals surface area contributed by atoms with Gasteiger partial charge in [0, 0.05) is 18.3 Å². The van der Waals surface area contributed by atoms with Crippen molar-refractivity contribution in [1.29, 1.82) is 0 Å². The van der Waals surface area contributed by atoms with Gasteiger partial charge in [-0.05, 0) is 41.8 Å². The van der Waals surface area contributed by atoms with Gasteiger partial charge < -0.3 is 14.6 Å². The molecule has 148 valence electrons. The Kier molecular flexibility index (Phi) is 4.23. The maximum Gasteiger partial charge on any atom is 0.414 e. The van der Waals surface area contributed by atoms with Crippen molar-refractivity contribution in [1.82, 2.24) is 9.88 Å². The van der Waals surface area contributed by atoms with Crippen molar-refractivity contribution >= 4 is 28.5 Å². The van der Waals surface area contributed by atoms with Gasteiger partial charge >= 0.3 is 6.09 Å². The van der Waals surface area contributed by atoms with Gasteiger partial charge in [-0.2, -0.15) is 0 Å². The number of aromatic nitrogens is 1. The van der Waals surface area contributed by atoms with E-state index in [0.29, 0.717) is 11.4 Å². The van der Waals surface area contributed by atoms with Crippen molar-refractivity contribution in [3.05, 3.63) is 60.7 Å². The van der Waals surface area contributed by atoms with Crippen LogP contribution in [0.2, 0.25) is 0 Å². The van der Waals surface area contributed by atoms with Crippen molar-refractivity contribution in [3.8, 4) is 5.69 Å². The molecule has 1 aromatic heterocycles. The maximum atomic E-state index is 14.8. The molecular weight excluding hydrogens is 373 g/mol. The van der Waals surface area contributed by atoms with Crippen LogP contribution in [-0.4, -0.2) is 35.8 Å². The van der Waals surface area contributed by atoms with Crippen molar-refractivity contribution in [2.45, 2.75) is 18.9 Å². The summed E-state index contributed by atoms with van der Waals surface area (Å²) in [6.07, 6.45) is 4.61. The second-order valence-electron chi connectivity index (χ2n) is 7.57. The summed E-state index contributed by atoms with van der Waals surface area (Å²) in [6, 6.07) is 12.5. The normalized spacial score (nSPS) is 18.9. The molecule has 5 rings (SSSR count). The number of cyclic esters (lactones) is 1. The molecule has 1 N–H and O–H groups in total. The lowest BCUT2D eigenvalue weighted by Gasteiger charge is -2.15. The largest absolute Gasteiger partial charge is 0.442 e. The van der Waals surface area contributed by atoms with Crippen molar-refractivity contribution < 1.29 is 18.7 Å². The topological polar surface area (TPSA) is 63.6 Å². The van der Waals surface area contributed by atoms with Crippen LogP contribution in [0.25, 0.3) is 16.5 Å². The van der Waals surface area contributed by atoms with Crippen LogP contribution in [-0.2, 0) is 9.53 Å². The molecule has 1 aliphatic heterocycles. The van der Waals surface area contributed by atoms with E-state index in [1.54, 1.807) is 16.7 Å². The third-order valence-corrected chi connectivity index (χ3v) is 5.40. The molecule has 2 fully saturated rings. The number of carbonyl (C=O) groups excluding carboxylic acids is 2. The molecule has 29 heavy (non-hydrogen) atoms. The summed E-state index contributed by atoms with van der Waals surface area (Å²) >= 11 is 0. The Balaban J connectivity index is 1.31. The molecule has 1 atom stereocenters. The number of anilines is 1. The van der Waals surface area contributed by atoms with Crippen LogP contribution >= 0.6 is 0 Å². The fraction of sp³-hybridized carbons (Fsp3) is 0.273. The predicted molar refractivity (Wildman–Crippen MR) is 107 cm³/mol. The molecule has 1 aliphatic carbocycles. The van der Waals surface area contributed by atoms with E-state index in [0.717, 1.165) is 23.6 Å². The molecule has 0 spiro atoms. The number of ether oxygens (including phenoxy) is 1. The minimum absolute atomic E-state index is 0.00834. The molecule has 1 saturated heterocycles. The number of benzene rings is 2. The SMILES string of the molecule is O=C(NC[C@H]1CN(c2ccc(-n3cc4ccccc4c3)c(F)c2)C(=O)O1)C1CC1. The first-order valence-corrected chi connectivity index (χ1v) is 9.71. The molecule has 1 saturated carbocycles. The third-order valence-electron chi connectivity index (χ3n) is 5.40. The van der Waals surface area contributed by atoms with Crippen LogP contribution < -0.4 is 10.2 Å². The number of amides is 2. The number of nitrogens with one attached hydrogen (secondary N) is 1. The van der Waals surface area contributed by atoms with Gasteiger partial charge in [0.05, 0.1) is 24.5 Å². The van der Waals surface area contributed by atoms with Gasteiger partial charge in [-0.15, -0.1) is 0 Å². The Labute approximate surface area is 166 Å². The zero-order valence-electron chi connectivity index (χ0n) is 15.7. The molecule has 6 nitrogen and oxygen atoms in total. The molecular formula is C22H20FN3O3. The molecule has 7 heteroatoms. The smallest absolute Gasteiger partial charge is 0.414 e. The first-order chi connectivity index (χ1) is 14.1. The first kappa shape index (κ1) is 17.7. The summed E-state index contributed by atoms with van der Waals surface area (Å²) in [5, 5.41) is 4.86.